The summed E-state index contributed by atoms with van der Waals surface area (Å²) in [6.07, 6.45) is 4.81. The molecular formula is C10H8N4O. The monoisotopic (exact) mass is 200 g/mol. The minimum absolute atomic E-state index is 0.0179. The van der Waals surface area contributed by atoms with Gasteiger partial charge in [0.05, 0.1) is 5.69 Å². The van der Waals surface area contributed by atoms with Gasteiger partial charge in [-0.15, -0.1) is 0 Å². The van der Waals surface area contributed by atoms with E-state index in [1.54, 1.807) is 30.6 Å². The molecule has 74 valence electrons. The van der Waals surface area contributed by atoms with Gasteiger partial charge in [-0.1, -0.05) is 0 Å². The van der Waals surface area contributed by atoms with Crippen LogP contribution in [-0.2, 0) is 0 Å². The summed E-state index contributed by atoms with van der Waals surface area (Å²) in [5, 5.41) is 0. The molecule has 2 aromatic rings. The molecule has 0 radical (unpaired) electrons. The molecule has 5 nitrogen and oxygen atoms in total. The van der Waals surface area contributed by atoms with E-state index >= 15 is 0 Å². The molecule has 0 aliphatic carbocycles. The summed E-state index contributed by atoms with van der Waals surface area (Å²) in [6, 6.07) is 5.31. The number of hydrogen-bond acceptors (Lipinski definition) is 4. The quantitative estimate of drug-likeness (QED) is 0.771. The molecule has 0 aromatic carbocycles. The molecule has 0 saturated heterocycles. The second kappa shape index (κ2) is 3.83. The molecule has 5 heteroatoms. The molecule has 0 atom stereocenters. The smallest absolute Gasteiger partial charge is 0.286 e. The number of rotatable bonds is 2. The van der Waals surface area contributed by atoms with E-state index in [0.29, 0.717) is 5.69 Å². The normalized spacial score (nSPS) is 9.87. The molecular weight excluding hydrogens is 192 g/mol. The number of hydrogen-bond donors (Lipinski definition) is 1. The number of carbonyl (C=O) groups excluding carboxylic acids is 1. The van der Waals surface area contributed by atoms with Gasteiger partial charge in [-0.25, -0.2) is 9.97 Å². The maximum Gasteiger partial charge on any atom is 0.286 e. The lowest BCUT2D eigenvalue weighted by Crippen LogP contribution is -2.15. The van der Waals surface area contributed by atoms with Gasteiger partial charge in [0.15, 0.2) is 0 Å². The van der Waals surface area contributed by atoms with Crippen molar-refractivity contribution in [3.63, 3.8) is 0 Å². The number of primary amides is 1. The Hall–Kier alpha value is -2.30. The molecule has 2 heterocycles. The van der Waals surface area contributed by atoms with E-state index in [0.717, 1.165) is 5.56 Å². The first kappa shape index (κ1) is 9.26. The van der Waals surface area contributed by atoms with Gasteiger partial charge in [0, 0.05) is 24.2 Å². The van der Waals surface area contributed by atoms with Gasteiger partial charge in [-0.05, 0) is 18.2 Å². The highest BCUT2D eigenvalue weighted by atomic mass is 16.1. The topological polar surface area (TPSA) is 81.8 Å². The number of nitrogens with zero attached hydrogens (tertiary/aromatic N) is 3. The number of carbonyl (C=O) groups is 1. The molecule has 0 bridgehead atoms. The van der Waals surface area contributed by atoms with E-state index in [2.05, 4.69) is 15.0 Å². The summed E-state index contributed by atoms with van der Waals surface area (Å²) in [5.41, 5.74) is 6.61. The molecule has 2 rings (SSSR count). The first-order chi connectivity index (χ1) is 7.27. The lowest BCUT2D eigenvalue weighted by atomic mass is 10.2. The Bertz CT molecular complexity index is 484. The zero-order chi connectivity index (χ0) is 10.7. The fourth-order valence-electron chi connectivity index (χ4n) is 1.16. The standard InChI is InChI=1S/C10H8N4O/c11-9(15)10-13-6-3-8(14-10)7-1-4-12-5-2-7/h1-6H,(H2,11,15). The number of pyridine rings is 1. The fraction of sp³-hybridized carbons (Fsp3) is 0. The SMILES string of the molecule is NC(=O)c1nccc(-c2ccncc2)n1. The Kier molecular flexibility index (Phi) is 2.37. The molecule has 1 amide bonds. The van der Waals surface area contributed by atoms with E-state index in [1.165, 1.54) is 6.20 Å². The van der Waals surface area contributed by atoms with E-state index in [9.17, 15) is 4.79 Å². The van der Waals surface area contributed by atoms with Crippen molar-refractivity contribution in [3.8, 4) is 11.3 Å². The first-order valence-electron chi connectivity index (χ1n) is 4.30. The average molecular weight is 200 g/mol. The predicted octanol–water partition coefficient (Wildman–Crippen LogP) is 0.637. The van der Waals surface area contributed by atoms with Crippen LogP contribution < -0.4 is 5.73 Å². The molecule has 0 aliphatic rings. The van der Waals surface area contributed by atoms with E-state index in [1.807, 2.05) is 0 Å². The van der Waals surface area contributed by atoms with Crippen LogP contribution in [0.2, 0.25) is 0 Å². The van der Waals surface area contributed by atoms with Crippen molar-refractivity contribution in [3.05, 3.63) is 42.6 Å². The minimum atomic E-state index is -0.633. The maximum atomic E-state index is 10.9. The van der Waals surface area contributed by atoms with Gasteiger partial charge >= 0.3 is 0 Å². The van der Waals surface area contributed by atoms with Crippen LogP contribution in [0.25, 0.3) is 11.3 Å². The maximum absolute atomic E-state index is 10.9. The second-order valence-electron chi connectivity index (χ2n) is 2.87. The summed E-state index contributed by atoms with van der Waals surface area (Å²) in [7, 11) is 0. The molecule has 0 fully saturated rings. The molecule has 2 N–H and O–H groups in total. The van der Waals surface area contributed by atoms with Gasteiger partial charge in [0.1, 0.15) is 0 Å². The highest BCUT2D eigenvalue weighted by molar-refractivity contribution is 5.89. The molecule has 0 spiro atoms. The summed E-state index contributed by atoms with van der Waals surface area (Å²) in [4.78, 5) is 22.6. The zero-order valence-electron chi connectivity index (χ0n) is 7.79. The van der Waals surface area contributed by atoms with E-state index in [4.69, 9.17) is 5.73 Å². The minimum Gasteiger partial charge on any atom is -0.363 e. The van der Waals surface area contributed by atoms with Crippen molar-refractivity contribution in [2.75, 3.05) is 0 Å². The van der Waals surface area contributed by atoms with Gasteiger partial charge in [-0.2, -0.15) is 0 Å². The van der Waals surface area contributed by atoms with Crippen molar-refractivity contribution in [1.29, 1.82) is 0 Å². The van der Waals surface area contributed by atoms with Crippen LogP contribution in [0.3, 0.4) is 0 Å². The van der Waals surface area contributed by atoms with Gasteiger partial charge in [0.25, 0.3) is 5.91 Å². The van der Waals surface area contributed by atoms with Crippen molar-refractivity contribution in [2.45, 2.75) is 0 Å². The lowest BCUT2D eigenvalue weighted by Gasteiger charge is -2.00. The zero-order valence-corrected chi connectivity index (χ0v) is 7.79. The van der Waals surface area contributed by atoms with Crippen LogP contribution in [0, 0.1) is 0 Å². The Morgan fingerprint density at radius 1 is 1.13 bits per heavy atom. The van der Waals surface area contributed by atoms with Crippen LogP contribution in [0.4, 0.5) is 0 Å². The number of amides is 1. The summed E-state index contributed by atoms with van der Waals surface area (Å²) in [6.45, 7) is 0. The number of aromatic nitrogens is 3. The third-order valence-electron chi connectivity index (χ3n) is 1.85. The first-order valence-corrected chi connectivity index (χ1v) is 4.30. The average Bonchev–Trinajstić information content (AvgIpc) is 2.30. The molecule has 15 heavy (non-hydrogen) atoms. The van der Waals surface area contributed by atoms with Crippen LogP contribution >= 0.6 is 0 Å². The fourth-order valence-corrected chi connectivity index (χ4v) is 1.16. The van der Waals surface area contributed by atoms with Crippen LogP contribution in [-0.4, -0.2) is 20.9 Å². The Morgan fingerprint density at radius 3 is 2.53 bits per heavy atom. The van der Waals surface area contributed by atoms with Crippen molar-refractivity contribution in [1.82, 2.24) is 15.0 Å². The van der Waals surface area contributed by atoms with Crippen molar-refractivity contribution < 1.29 is 4.79 Å². The van der Waals surface area contributed by atoms with E-state index in [-0.39, 0.29) is 5.82 Å². The molecule has 0 aliphatic heterocycles. The Labute approximate surface area is 86.0 Å². The van der Waals surface area contributed by atoms with Crippen molar-refractivity contribution >= 4 is 5.91 Å². The second-order valence-corrected chi connectivity index (χ2v) is 2.87. The van der Waals surface area contributed by atoms with Crippen LogP contribution in [0.5, 0.6) is 0 Å². The highest BCUT2D eigenvalue weighted by Crippen LogP contribution is 2.14. The van der Waals surface area contributed by atoms with E-state index < -0.39 is 5.91 Å². The Morgan fingerprint density at radius 2 is 1.87 bits per heavy atom. The largest absolute Gasteiger partial charge is 0.363 e. The van der Waals surface area contributed by atoms with Crippen LogP contribution in [0.15, 0.2) is 36.8 Å². The van der Waals surface area contributed by atoms with Gasteiger partial charge < -0.3 is 5.73 Å². The van der Waals surface area contributed by atoms with Crippen molar-refractivity contribution in [2.24, 2.45) is 5.73 Å². The predicted molar refractivity (Wildman–Crippen MR) is 53.8 cm³/mol. The summed E-state index contributed by atoms with van der Waals surface area (Å²) in [5.74, 6) is -0.616. The third-order valence-corrected chi connectivity index (χ3v) is 1.85. The third kappa shape index (κ3) is 1.96. The molecule has 0 saturated carbocycles. The van der Waals surface area contributed by atoms with Gasteiger partial charge in [-0.3, -0.25) is 9.78 Å². The lowest BCUT2D eigenvalue weighted by molar-refractivity contribution is 0.0990. The van der Waals surface area contributed by atoms with Crippen LogP contribution in [0.1, 0.15) is 10.6 Å². The summed E-state index contributed by atoms with van der Waals surface area (Å²) < 4.78 is 0. The molecule has 2 aromatic heterocycles. The number of nitrogens with two attached hydrogens (primary N) is 1. The summed E-state index contributed by atoms with van der Waals surface area (Å²) >= 11 is 0. The highest BCUT2D eigenvalue weighted by Gasteiger charge is 2.05. The van der Waals surface area contributed by atoms with Gasteiger partial charge in [0.2, 0.25) is 5.82 Å². The Balaban J connectivity index is 2.46. The molecule has 0 unspecified atom stereocenters.